The van der Waals surface area contributed by atoms with Crippen LogP contribution in [-0.2, 0) is 4.79 Å². The summed E-state index contributed by atoms with van der Waals surface area (Å²) < 4.78 is 0.853. The maximum Gasteiger partial charge on any atom is 0.308 e. The highest BCUT2D eigenvalue weighted by molar-refractivity contribution is 9.10. The third-order valence-electron chi connectivity index (χ3n) is 3.92. The first-order valence-corrected chi connectivity index (χ1v) is 7.49. The molecule has 0 aromatic heterocycles. The molecule has 1 N–H and O–H groups in total. The van der Waals surface area contributed by atoms with Crippen molar-refractivity contribution in [2.45, 2.75) is 32.7 Å². The molecule has 1 amide bonds. The van der Waals surface area contributed by atoms with Crippen molar-refractivity contribution in [3.05, 3.63) is 33.8 Å². The zero-order valence-corrected chi connectivity index (χ0v) is 13.2. The number of hydrogen-bond donors (Lipinski definition) is 1. The number of carbonyl (C=O) groups excluding carboxylic acids is 1. The van der Waals surface area contributed by atoms with Gasteiger partial charge in [-0.3, -0.25) is 9.59 Å². The molecule has 1 aliphatic rings. The Kier molecular flexibility index (Phi) is 4.48. The van der Waals surface area contributed by atoms with Gasteiger partial charge in [0.1, 0.15) is 0 Å². The summed E-state index contributed by atoms with van der Waals surface area (Å²) in [5.74, 6) is -1.36. The van der Waals surface area contributed by atoms with E-state index in [0.29, 0.717) is 18.5 Å². The molecule has 1 aliphatic heterocycles. The molecular weight excluding hydrogens is 322 g/mol. The Morgan fingerprint density at radius 2 is 2.05 bits per heavy atom. The largest absolute Gasteiger partial charge is 0.481 e. The summed E-state index contributed by atoms with van der Waals surface area (Å²) in [6, 6.07) is 5.66. The summed E-state index contributed by atoms with van der Waals surface area (Å²) >= 11 is 3.37. The predicted molar refractivity (Wildman–Crippen MR) is 79.7 cm³/mol. The summed E-state index contributed by atoms with van der Waals surface area (Å²) in [4.78, 5) is 25.5. The molecule has 20 heavy (non-hydrogen) atoms. The van der Waals surface area contributed by atoms with Crippen molar-refractivity contribution in [1.29, 1.82) is 0 Å². The quantitative estimate of drug-likeness (QED) is 0.900. The van der Waals surface area contributed by atoms with Crippen LogP contribution < -0.4 is 0 Å². The molecule has 108 valence electrons. The molecule has 1 saturated heterocycles. The summed E-state index contributed by atoms with van der Waals surface area (Å²) in [7, 11) is 0. The second-order valence-electron chi connectivity index (χ2n) is 5.38. The molecule has 1 aromatic rings. The van der Waals surface area contributed by atoms with E-state index in [2.05, 4.69) is 15.9 Å². The molecule has 2 rings (SSSR count). The van der Waals surface area contributed by atoms with Crippen molar-refractivity contribution >= 4 is 27.8 Å². The molecule has 0 saturated carbocycles. The van der Waals surface area contributed by atoms with Crippen LogP contribution in [0.5, 0.6) is 0 Å². The highest BCUT2D eigenvalue weighted by atomic mass is 79.9. The van der Waals surface area contributed by atoms with Crippen LogP contribution in [0, 0.1) is 12.8 Å². The fourth-order valence-corrected chi connectivity index (χ4v) is 2.93. The van der Waals surface area contributed by atoms with E-state index in [9.17, 15) is 9.59 Å². The number of nitrogens with zero attached hydrogens (tertiary/aromatic N) is 1. The standard InChI is InChI=1S/C15H18BrNO3/c1-9-3-6-12(16)7-13(9)14(18)17-8-11(15(19)20)5-4-10(17)2/h3,6-7,10-11H,4-5,8H2,1-2H3,(H,19,20). The first-order chi connectivity index (χ1) is 9.40. The Morgan fingerprint density at radius 1 is 1.35 bits per heavy atom. The number of amides is 1. The summed E-state index contributed by atoms with van der Waals surface area (Å²) in [6.45, 7) is 4.16. The van der Waals surface area contributed by atoms with Gasteiger partial charge in [0.15, 0.2) is 0 Å². The van der Waals surface area contributed by atoms with Gasteiger partial charge in [0.2, 0.25) is 0 Å². The smallest absolute Gasteiger partial charge is 0.308 e. The summed E-state index contributed by atoms with van der Waals surface area (Å²) in [5, 5.41) is 9.15. The first-order valence-electron chi connectivity index (χ1n) is 6.70. The van der Waals surface area contributed by atoms with Crippen LogP contribution in [0.4, 0.5) is 0 Å². The monoisotopic (exact) mass is 339 g/mol. The number of likely N-dealkylation sites (tertiary alicyclic amines) is 1. The van der Waals surface area contributed by atoms with Gasteiger partial charge in [0.05, 0.1) is 5.92 Å². The van der Waals surface area contributed by atoms with E-state index in [1.54, 1.807) is 11.0 Å². The minimum Gasteiger partial charge on any atom is -0.481 e. The van der Waals surface area contributed by atoms with E-state index >= 15 is 0 Å². The van der Waals surface area contributed by atoms with Gasteiger partial charge in [-0.1, -0.05) is 22.0 Å². The Hall–Kier alpha value is -1.36. The lowest BCUT2D eigenvalue weighted by Gasteiger charge is -2.36. The number of aliphatic carboxylic acids is 1. The molecular formula is C15H18BrNO3. The van der Waals surface area contributed by atoms with Gasteiger partial charge in [0, 0.05) is 22.6 Å². The molecule has 4 nitrogen and oxygen atoms in total. The van der Waals surface area contributed by atoms with E-state index in [0.717, 1.165) is 16.5 Å². The molecule has 0 bridgehead atoms. The van der Waals surface area contributed by atoms with Gasteiger partial charge in [-0.2, -0.15) is 0 Å². The summed E-state index contributed by atoms with van der Waals surface area (Å²) in [6.07, 6.45) is 1.37. The number of benzene rings is 1. The molecule has 0 spiro atoms. The molecule has 1 fully saturated rings. The number of carboxylic acids is 1. The van der Waals surface area contributed by atoms with Gasteiger partial charge in [0.25, 0.3) is 5.91 Å². The second-order valence-corrected chi connectivity index (χ2v) is 6.29. The third kappa shape index (κ3) is 3.03. The lowest BCUT2D eigenvalue weighted by atomic mass is 9.92. The van der Waals surface area contributed by atoms with Crippen LogP contribution >= 0.6 is 15.9 Å². The number of hydrogen-bond acceptors (Lipinski definition) is 2. The number of carboxylic acid groups (broad SMARTS) is 1. The van der Waals surface area contributed by atoms with Gasteiger partial charge in [-0.25, -0.2) is 0 Å². The molecule has 0 radical (unpaired) electrons. The van der Waals surface area contributed by atoms with Crippen LogP contribution in [0.2, 0.25) is 0 Å². The topological polar surface area (TPSA) is 57.6 Å². The fraction of sp³-hybridized carbons (Fsp3) is 0.467. The maximum absolute atomic E-state index is 12.7. The van der Waals surface area contributed by atoms with Crippen molar-refractivity contribution in [1.82, 2.24) is 4.90 Å². The number of aryl methyl sites for hydroxylation is 1. The zero-order chi connectivity index (χ0) is 14.9. The van der Waals surface area contributed by atoms with Crippen LogP contribution in [0.15, 0.2) is 22.7 Å². The van der Waals surface area contributed by atoms with E-state index < -0.39 is 11.9 Å². The molecule has 5 heteroatoms. The van der Waals surface area contributed by atoms with Gasteiger partial charge < -0.3 is 10.0 Å². The summed E-state index contributed by atoms with van der Waals surface area (Å²) in [5.41, 5.74) is 1.54. The van der Waals surface area contributed by atoms with Crippen molar-refractivity contribution in [2.24, 2.45) is 5.92 Å². The molecule has 1 heterocycles. The molecule has 1 aromatic carbocycles. The van der Waals surface area contributed by atoms with E-state index in [4.69, 9.17) is 5.11 Å². The van der Waals surface area contributed by atoms with Crippen molar-refractivity contribution in [2.75, 3.05) is 6.54 Å². The second kappa shape index (κ2) is 5.95. The highest BCUT2D eigenvalue weighted by Crippen LogP contribution is 2.26. The molecule has 0 aliphatic carbocycles. The Balaban J connectivity index is 2.26. The minimum absolute atomic E-state index is 0.0801. The normalized spacial score (nSPS) is 22.6. The van der Waals surface area contributed by atoms with E-state index in [-0.39, 0.29) is 11.9 Å². The Labute approximate surface area is 126 Å². The first kappa shape index (κ1) is 15.0. The SMILES string of the molecule is Cc1ccc(Br)cc1C(=O)N1CC(C(=O)O)CCC1C. The van der Waals surface area contributed by atoms with Crippen LogP contribution in [0.25, 0.3) is 0 Å². The minimum atomic E-state index is -0.819. The van der Waals surface area contributed by atoms with Crippen LogP contribution in [0.3, 0.4) is 0 Å². The highest BCUT2D eigenvalue weighted by Gasteiger charge is 2.33. The van der Waals surface area contributed by atoms with E-state index in [1.165, 1.54) is 0 Å². The number of piperidine rings is 1. The lowest BCUT2D eigenvalue weighted by molar-refractivity contribution is -0.143. The van der Waals surface area contributed by atoms with Gasteiger partial charge in [-0.05, 0) is 44.4 Å². The van der Waals surface area contributed by atoms with Gasteiger partial charge >= 0.3 is 5.97 Å². The van der Waals surface area contributed by atoms with Crippen molar-refractivity contribution in [3.8, 4) is 0 Å². The predicted octanol–water partition coefficient (Wildman–Crippen LogP) is 3.08. The number of halogens is 1. The molecule has 2 unspecified atom stereocenters. The maximum atomic E-state index is 12.7. The fourth-order valence-electron chi connectivity index (χ4n) is 2.57. The Bertz CT molecular complexity index is 544. The average Bonchev–Trinajstić information content (AvgIpc) is 2.41. The number of rotatable bonds is 2. The molecule has 2 atom stereocenters. The van der Waals surface area contributed by atoms with Crippen LogP contribution in [-0.4, -0.2) is 34.5 Å². The lowest BCUT2D eigenvalue weighted by Crippen LogP contribution is -2.47. The van der Waals surface area contributed by atoms with Crippen LogP contribution in [0.1, 0.15) is 35.7 Å². The van der Waals surface area contributed by atoms with Gasteiger partial charge in [-0.15, -0.1) is 0 Å². The van der Waals surface area contributed by atoms with Crippen molar-refractivity contribution in [3.63, 3.8) is 0 Å². The zero-order valence-electron chi connectivity index (χ0n) is 11.6. The third-order valence-corrected chi connectivity index (χ3v) is 4.42. The van der Waals surface area contributed by atoms with Crippen molar-refractivity contribution < 1.29 is 14.7 Å². The average molecular weight is 340 g/mol. The Morgan fingerprint density at radius 3 is 2.70 bits per heavy atom. The number of carbonyl (C=O) groups is 2. The van der Waals surface area contributed by atoms with E-state index in [1.807, 2.05) is 26.0 Å².